The smallest absolute Gasteiger partial charge is 0.276 e. The van der Waals surface area contributed by atoms with Gasteiger partial charge in [-0.1, -0.05) is 18.2 Å². The summed E-state index contributed by atoms with van der Waals surface area (Å²) in [5.74, 6) is 1.53. The lowest BCUT2D eigenvalue weighted by Gasteiger charge is -2.12. The van der Waals surface area contributed by atoms with Gasteiger partial charge in [-0.15, -0.1) is 11.6 Å². The molecule has 0 heterocycles. The first kappa shape index (κ1) is 14.3. The maximum Gasteiger partial charge on any atom is 0.276 e. The lowest BCUT2D eigenvalue weighted by molar-refractivity contribution is -0.385. The largest absolute Gasteiger partial charge is 0.457 e. The van der Waals surface area contributed by atoms with Crippen LogP contribution in [-0.2, 0) is 5.88 Å². The van der Waals surface area contributed by atoms with Crippen molar-refractivity contribution in [3.05, 3.63) is 63.2 Å². The maximum absolute atomic E-state index is 10.9. The van der Waals surface area contributed by atoms with E-state index in [1.165, 1.54) is 6.07 Å². The summed E-state index contributed by atoms with van der Waals surface area (Å²) < 4.78 is 5.81. The molecule has 0 saturated heterocycles. The van der Waals surface area contributed by atoms with Gasteiger partial charge in [-0.05, 0) is 37.1 Å². The third-order valence-corrected chi connectivity index (χ3v) is 3.39. The van der Waals surface area contributed by atoms with Crippen LogP contribution in [0.15, 0.2) is 36.4 Å². The molecule has 0 atom stereocenters. The molecule has 2 aromatic carbocycles. The number of benzene rings is 2. The molecule has 2 aromatic rings. The summed E-state index contributed by atoms with van der Waals surface area (Å²) >= 11 is 5.81. The van der Waals surface area contributed by atoms with Crippen molar-refractivity contribution < 1.29 is 9.66 Å². The minimum atomic E-state index is -0.412. The van der Waals surface area contributed by atoms with Gasteiger partial charge in [-0.2, -0.15) is 0 Å². The number of aryl methyl sites for hydroxylation is 1. The van der Waals surface area contributed by atoms with Crippen LogP contribution in [0.2, 0.25) is 0 Å². The van der Waals surface area contributed by atoms with Crippen LogP contribution >= 0.6 is 11.6 Å². The van der Waals surface area contributed by atoms with Gasteiger partial charge in [0.25, 0.3) is 5.69 Å². The van der Waals surface area contributed by atoms with Crippen LogP contribution in [0, 0.1) is 24.0 Å². The summed E-state index contributed by atoms with van der Waals surface area (Å²) in [4.78, 5) is 10.5. The molecule has 0 radical (unpaired) electrons. The highest BCUT2D eigenvalue weighted by Crippen LogP contribution is 2.32. The number of alkyl halides is 1. The van der Waals surface area contributed by atoms with Crippen molar-refractivity contribution in [1.82, 2.24) is 0 Å². The first-order chi connectivity index (χ1) is 9.52. The Balaban J connectivity index is 2.40. The molecule has 20 heavy (non-hydrogen) atoms. The van der Waals surface area contributed by atoms with Crippen LogP contribution in [0.4, 0.5) is 5.69 Å². The van der Waals surface area contributed by atoms with Gasteiger partial charge in [0.15, 0.2) is 0 Å². The second kappa shape index (κ2) is 5.92. The van der Waals surface area contributed by atoms with Crippen LogP contribution < -0.4 is 4.74 Å². The normalized spacial score (nSPS) is 10.3. The van der Waals surface area contributed by atoms with E-state index in [1.807, 2.05) is 25.1 Å². The Bertz CT molecular complexity index is 656. The van der Waals surface area contributed by atoms with Crippen molar-refractivity contribution in [3.8, 4) is 11.5 Å². The Hall–Kier alpha value is -2.07. The molecule has 0 aliphatic heterocycles. The van der Waals surface area contributed by atoms with Crippen LogP contribution in [0.1, 0.15) is 16.7 Å². The molecule has 0 unspecified atom stereocenters. The average molecular weight is 292 g/mol. The molecule has 0 spiro atoms. The predicted octanol–water partition coefficient (Wildman–Crippen LogP) is 4.74. The van der Waals surface area contributed by atoms with E-state index in [4.69, 9.17) is 16.3 Å². The van der Waals surface area contributed by atoms with E-state index in [-0.39, 0.29) is 5.69 Å². The van der Waals surface area contributed by atoms with Crippen LogP contribution in [0.3, 0.4) is 0 Å². The monoisotopic (exact) mass is 291 g/mol. The zero-order valence-corrected chi connectivity index (χ0v) is 12.0. The van der Waals surface area contributed by atoms with E-state index in [9.17, 15) is 10.1 Å². The highest BCUT2D eigenvalue weighted by Gasteiger charge is 2.15. The van der Waals surface area contributed by atoms with Crippen molar-refractivity contribution in [1.29, 1.82) is 0 Å². The molecule has 0 N–H and O–H groups in total. The summed E-state index contributed by atoms with van der Waals surface area (Å²) in [6.45, 7) is 3.59. The van der Waals surface area contributed by atoms with Gasteiger partial charge in [-0.3, -0.25) is 10.1 Å². The summed E-state index contributed by atoms with van der Waals surface area (Å²) in [6.07, 6.45) is 0. The molecule has 0 aromatic heterocycles. The minimum absolute atomic E-state index is 0.0497. The number of hydrogen-bond acceptors (Lipinski definition) is 3. The number of nitro groups is 1. The fourth-order valence-corrected chi connectivity index (χ4v) is 2.03. The van der Waals surface area contributed by atoms with Crippen LogP contribution in [0.5, 0.6) is 11.5 Å². The summed E-state index contributed by atoms with van der Waals surface area (Å²) in [5, 5.41) is 10.9. The molecule has 0 bridgehead atoms. The molecule has 2 rings (SSSR count). The standard InChI is InChI=1S/C15H14ClNO3/c1-10-6-7-12(9-16)8-15(10)20-14-5-3-4-13(11(14)2)17(18)19/h3-8H,9H2,1-2H3. The first-order valence-electron chi connectivity index (χ1n) is 6.10. The number of nitro benzene ring substituents is 1. The van der Waals surface area contributed by atoms with E-state index in [2.05, 4.69) is 0 Å². The summed E-state index contributed by atoms with van der Waals surface area (Å²) in [7, 11) is 0. The predicted molar refractivity (Wildman–Crippen MR) is 78.6 cm³/mol. The molecule has 4 nitrogen and oxygen atoms in total. The molecule has 0 aliphatic carbocycles. The lowest BCUT2D eigenvalue weighted by Crippen LogP contribution is -1.96. The summed E-state index contributed by atoms with van der Waals surface area (Å²) in [6, 6.07) is 10.5. The fraction of sp³-hybridized carbons (Fsp3) is 0.200. The maximum atomic E-state index is 10.9. The van der Waals surface area contributed by atoms with Gasteiger partial charge in [-0.25, -0.2) is 0 Å². The Kier molecular flexibility index (Phi) is 4.25. The second-order valence-electron chi connectivity index (χ2n) is 4.49. The molecular formula is C15H14ClNO3. The number of nitrogens with zero attached hydrogens (tertiary/aromatic N) is 1. The third kappa shape index (κ3) is 2.91. The van der Waals surface area contributed by atoms with Gasteiger partial charge >= 0.3 is 0 Å². The first-order valence-corrected chi connectivity index (χ1v) is 6.63. The highest BCUT2D eigenvalue weighted by molar-refractivity contribution is 6.17. The number of ether oxygens (including phenoxy) is 1. The minimum Gasteiger partial charge on any atom is -0.457 e. The van der Waals surface area contributed by atoms with Crippen molar-refractivity contribution in [2.75, 3.05) is 0 Å². The van der Waals surface area contributed by atoms with E-state index >= 15 is 0 Å². The molecule has 5 heteroatoms. The average Bonchev–Trinajstić information content (AvgIpc) is 2.43. The van der Waals surface area contributed by atoms with Crippen molar-refractivity contribution >= 4 is 17.3 Å². The van der Waals surface area contributed by atoms with Crippen LogP contribution in [-0.4, -0.2) is 4.92 Å². The molecule has 104 valence electrons. The van der Waals surface area contributed by atoms with E-state index < -0.39 is 4.92 Å². The van der Waals surface area contributed by atoms with Crippen LogP contribution in [0.25, 0.3) is 0 Å². The Morgan fingerprint density at radius 3 is 2.60 bits per heavy atom. The Labute approximate surface area is 122 Å². The van der Waals surface area contributed by atoms with Gasteiger partial charge in [0.2, 0.25) is 0 Å². The van der Waals surface area contributed by atoms with Crippen molar-refractivity contribution in [2.24, 2.45) is 0 Å². The quantitative estimate of drug-likeness (QED) is 0.464. The second-order valence-corrected chi connectivity index (χ2v) is 4.76. The van der Waals surface area contributed by atoms with Gasteiger partial charge < -0.3 is 4.74 Å². The SMILES string of the molecule is Cc1ccc(CCl)cc1Oc1cccc([N+](=O)[O-])c1C. The van der Waals surface area contributed by atoms with Crippen molar-refractivity contribution in [3.63, 3.8) is 0 Å². The fourth-order valence-electron chi connectivity index (χ4n) is 1.87. The van der Waals surface area contributed by atoms with Gasteiger partial charge in [0.1, 0.15) is 11.5 Å². The highest BCUT2D eigenvalue weighted by atomic mass is 35.5. The van der Waals surface area contributed by atoms with E-state index in [1.54, 1.807) is 19.1 Å². The Morgan fingerprint density at radius 1 is 1.20 bits per heavy atom. The third-order valence-electron chi connectivity index (χ3n) is 3.08. The van der Waals surface area contributed by atoms with E-state index in [0.717, 1.165) is 11.1 Å². The molecule has 0 amide bonds. The zero-order chi connectivity index (χ0) is 14.7. The number of rotatable bonds is 4. The molecular weight excluding hydrogens is 278 g/mol. The van der Waals surface area contributed by atoms with Crippen molar-refractivity contribution in [2.45, 2.75) is 19.7 Å². The molecule has 0 saturated carbocycles. The van der Waals surface area contributed by atoms with Gasteiger partial charge in [0, 0.05) is 11.9 Å². The Morgan fingerprint density at radius 2 is 1.95 bits per heavy atom. The lowest BCUT2D eigenvalue weighted by atomic mass is 10.1. The number of hydrogen-bond donors (Lipinski definition) is 0. The zero-order valence-electron chi connectivity index (χ0n) is 11.2. The van der Waals surface area contributed by atoms with Gasteiger partial charge in [0.05, 0.1) is 10.5 Å². The number of halogens is 1. The summed E-state index contributed by atoms with van der Waals surface area (Å²) in [5.41, 5.74) is 2.45. The molecule has 0 fully saturated rings. The molecule has 0 aliphatic rings. The van der Waals surface area contributed by atoms with E-state index in [0.29, 0.717) is 22.9 Å². The topological polar surface area (TPSA) is 52.4 Å².